The summed E-state index contributed by atoms with van der Waals surface area (Å²) in [5, 5.41) is 3.31. The Morgan fingerprint density at radius 1 is 1.35 bits per heavy atom. The van der Waals surface area contributed by atoms with E-state index < -0.39 is 9.84 Å². The highest BCUT2D eigenvalue weighted by molar-refractivity contribution is 7.90. The number of nitrogens with one attached hydrogen (secondary N) is 1. The van der Waals surface area contributed by atoms with E-state index in [0.717, 1.165) is 18.0 Å². The van der Waals surface area contributed by atoms with E-state index in [1.165, 1.54) is 19.1 Å². The van der Waals surface area contributed by atoms with Gasteiger partial charge in [-0.2, -0.15) is 0 Å². The van der Waals surface area contributed by atoms with Crippen molar-refractivity contribution in [3.63, 3.8) is 0 Å². The largest absolute Gasteiger partial charge is 0.382 e. The lowest BCUT2D eigenvalue weighted by molar-refractivity contribution is 0.601. The van der Waals surface area contributed by atoms with Gasteiger partial charge in [0, 0.05) is 12.3 Å². The summed E-state index contributed by atoms with van der Waals surface area (Å²) in [6.07, 6.45) is 5.01. The molecule has 17 heavy (non-hydrogen) atoms. The number of anilines is 1. The first kappa shape index (κ1) is 12.4. The molecular weight excluding hydrogens is 234 g/mol. The molecule has 1 aromatic carbocycles. The van der Waals surface area contributed by atoms with Gasteiger partial charge in [-0.3, -0.25) is 0 Å². The average molecular weight is 253 g/mol. The van der Waals surface area contributed by atoms with Crippen LogP contribution in [0, 0.1) is 5.92 Å². The highest BCUT2D eigenvalue weighted by atomic mass is 32.2. The molecule has 3 nitrogen and oxygen atoms in total. The fraction of sp³-hybridized carbons (Fsp3) is 0.538. The van der Waals surface area contributed by atoms with Gasteiger partial charge in [0.05, 0.1) is 10.6 Å². The third kappa shape index (κ3) is 3.46. The third-order valence-electron chi connectivity index (χ3n) is 3.07. The molecule has 0 radical (unpaired) electrons. The van der Waals surface area contributed by atoms with Gasteiger partial charge in [0.15, 0.2) is 9.84 Å². The van der Waals surface area contributed by atoms with Gasteiger partial charge in [0.2, 0.25) is 0 Å². The van der Waals surface area contributed by atoms with Crippen LogP contribution in [0.5, 0.6) is 0 Å². The minimum atomic E-state index is -3.15. The highest BCUT2D eigenvalue weighted by Gasteiger charge is 2.24. The van der Waals surface area contributed by atoms with Crippen molar-refractivity contribution in [2.75, 3.05) is 11.6 Å². The van der Waals surface area contributed by atoms with Gasteiger partial charge < -0.3 is 5.32 Å². The summed E-state index contributed by atoms with van der Waals surface area (Å²) in [6.45, 7) is 2.11. The van der Waals surface area contributed by atoms with Crippen molar-refractivity contribution in [1.29, 1.82) is 0 Å². The lowest BCUT2D eigenvalue weighted by Gasteiger charge is -2.17. The monoisotopic (exact) mass is 253 g/mol. The second kappa shape index (κ2) is 4.69. The van der Waals surface area contributed by atoms with Crippen molar-refractivity contribution in [1.82, 2.24) is 0 Å². The smallest absolute Gasteiger partial charge is 0.177 e. The average Bonchev–Trinajstić information content (AvgIpc) is 3.00. The van der Waals surface area contributed by atoms with Crippen LogP contribution in [0.15, 0.2) is 29.2 Å². The summed E-state index contributed by atoms with van der Waals surface area (Å²) in [7, 11) is -3.15. The van der Waals surface area contributed by atoms with Gasteiger partial charge in [-0.05, 0) is 31.4 Å². The molecule has 1 aliphatic rings. The summed E-state index contributed by atoms with van der Waals surface area (Å²) >= 11 is 0. The van der Waals surface area contributed by atoms with Crippen LogP contribution in [0.2, 0.25) is 0 Å². The van der Waals surface area contributed by atoms with Crippen LogP contribution in [0.4, 0.5) is 5.69 Å². The fourth-order valence-electron chi connectivity index (χ4n) is 2.09. The van der Waals surface area contributed by atoms with Crippen LogP contribution in [0.25, 0.3) is 0 Å². The van der Waals surface area contributed by atoms with Crippen molar-refractivity contribution in [3.8, 4) is 0 Å². The van der Waals surface area contributed by atoms with Crippen LogP contribution in [-0.4, -0.2) is 20.7 Å². The number of hydrogen-bond donors (Lipinski definition) is 1. The Balaban J connectivity index is 2.14. The van der Waals surface area contributed by atoms with E-state index in [-0.39, 0.29) is 0 Å². The zero-order valence-electron chi connectivity index (χ0n) is 10.3. The number of sulfone groups is 1. The van der Waals surface area contributed by atoms with Crippen LogP contribution in [0.3, 0.4) is 0 Å². The third-order valence-corrected chi connectivity index (χ3v) is 4.23. The van der Waals surface area contributed by atoms with Gasteiger partial charge in [-0.25, -0.2) is 8.42 Å². The van der Waals surface area contributed by atoms with Gasteiger partial charge in [-0.15, -0.1) is 0 Å². The van der Waals surface area contributed by atoms with E-state index in [0.29, 0.717) is 10.9 Å². The predicted molar refractivity (Wildman–Crippen MR) is 70.0 cm³/mol. The molecule has 0 aromatic heterocycles. The maximum Gasteiger partial charge on any atom is 0.177 e. The van der Waals surface area contributed by atoms with Gasteiger partial charge >= 0.3 is 0 Å². The first-order valence-corrected chi connectivity index (χ1v) is 7.91. The lowest BCUT2D eigenvalue weighted by atomic mass is 10.1. The van der Waals surface area contributed by atoms with Gasteiger partial charge in [-0.1, -0.05) is 25.0 Å². The molecule has 1 aliphatic carbocycles. The molecule has 94 valence electrons. The minimum Gasteiger partial charge on any atom is -0.382 e. The number of rotatable bonds is 5. The Labute approximate surface area is 103 Å². The van der Waals surface area contributed by atoms with E-state index in [1.54, 1.807) is 12.1 Å². The molecule has 2 rings (SSSR count). The van der Waals surface area contributed by atoms with Crippen molar-refractivity contribution in [2.24, 2.45) is 5.92 Å². The van der Waals surface area contributed by atoms with E-state index in [2.05, 4.69) is 12.2 Å². The van der Waals surface area contributed by atoms with Gasteiger partial charge in [0.25, 0.3) is 0 Å². The SMILES string of the molecule is CC(CC1CC1)Nc1ccccc1S(C)(=O)=O. The topological polar surface area (TPSA) is 46.2 Å². The normalized spacial score (nSPS) is 17.8. The molecule has 0 amide bonds. The molecule has 0 heterocycles. The Morgan fingerprint density at radius 3 is 2.59 bits per heavy atom. The summed E-state index contributed by atoms with van der Waals surface area (Å²) < 4.78 is 23.3. The number of para-hydroxylation sites is 1. The van der Waals surface area contributed by atoms with Crippen LogP contribution < -0.4 is 5.32 Å². The molecule has 0 bridgehead atoms. The second-order valence-corrected chi connectivity index (χ2v) is 6.98. The summed E-state index contributed by atoms with van der Waals surface area (Å²) in [5.41, 5.74) is 0.725. The standard InChI is InChI=1S/C13H19NO2S/c1-10(9-11-7-8-11)14-12-5-3-4-6-13(12)17(2,15)16/h3-6,10-11,14H,7-9H2,1-2H3. The molecule has 1 N–H and O–H groups in total. The van der Waals surface area contributed by atoms with Crippen molar-refractivity contribution >= 4 is 15.5 Å². The van der Waals surface area contributed by atoms with Crippen LogP contribution in [0.1, 0.15) is 26.2 Å². The number of hydrogen-bond acceptors (Lipinski definition) is 3. The zero-order chi connectivity index (χ0) is 12.5. The molecule has 0 spiro atoms. The fourth-order valence-corrected chi connectivity index (χ4v) is 2.94. The minimum absolute atomic E-state index is 0.324. The zero-order valence-corrected chi connectivity index (χ0v) is 11.1. The molecule has 0 saturated heterocycles. The Morgan fingerprint density at radius 2 is 2.00 bits per heavy atom. The quantitative estimate of drug-likeness (QED) is 0.877. The first-order valence-electron chi connectivity index (χ1n) is 6.02. The second-order valence-electron chi connectivity index (χ2n) is 4.99. The van der Waals surface area contributed by atoms with E-state index in [1.807, 2.05) is 12.1 Å². The maximum atomic E-state index is 11.6. The summed E-state index contributed by atoms with van der Waals surface area (Å²) in [5.74, 6) is 0.836. The van der Waals surface area contributed by atoms with E-state index in [9.17, 15) is 8.42 Å². The molecule has 4 heteroatoms. The summed E-state index contributed by atoms with van der Waals surface area (Å²) in [6, 6.07) is 7.43. The number of benzene rings is 1. The lowest BCUT2D eigenvalue weighted by Crippen LogP contribution is -2.17. The van der Waals surface area contributed by atoms with Crippen molar-refractivity contribution < 1.29 is 8.42 Å². The Bertz CT molecular complexity index is 492. The molecular formula is C13H19NO2S. The van der Waals surface area contributed by atoms with Crippen molar-refractivity contribution in [3.05, 3.63) is 24.3 Å². The van der Waals surface area contributed by atoms with Gasteiger partial charge in [0.1, 0.15) is 0 Å². The van der Waals surface area contributed by atoms with Crippen LogP contribution >= 0.6 is 0 Å². The predicted octanol–water partition coefficient (Wildman–Crippen LogP) is 2.69. The van der Waals surface area contributed by atoms with Crippen LogP contribution in [-0.2, 0) is 9.84 Å². The van der Waals surface area contributed by atoms with Crippen molar-refractivity contribution in [2.45, 2.75) is 37.1 Å². The molecule has 1 saturated carbocycles. The Kier molecular flexibility index (Phi) is 3.43. The summed E-state index contributed by atoms with van der Waals surface area (Å²) in [4.78, 5) is 0.391. The first-order chi connectivity index (χ1) is 7.97. The highest BCUT2D eigenvalue weighted by Crippen LogP contribution is 2.34. The Hall–Kier alpha value is -1.03. The molecule has 1 aromatic rings. The van der Waals surface area contributed by atoms with E-state index in [4.69, 9.17) is 0 Å². The van der Waals surface area contributed by atoms with E-state index >= 15 is 0 Å². The molecule has 1 atom stereocenters. The molecule has 1 unspecified atom stereocenters. The maximum absolute atomic E-state index is 11.6. The molecule has 1 fully saturated rings. The molecule has 0 aliphatic heterocycles.